The smallest absolute Gasteiger partial charge is 0.0642 e. The number of rotatable bonds is 4. The molecule has 0 aromatic heterocycles. The van der Waals surface area contributed by atoms with Gasteiger partial charge in [-0.05, 0) is 39.5 Å². The van der Waals surface area contributed by atoms with Gasteiger partial charge in [0.15, 0.2) is 0 Å². The monoisotopic (exact) mass is 186 g/mol. The van der Waals surface area contributed by atoms with Crippen LogP contribution in [0.4, 0.5) is 0 Å². The normalized spacial score (nSPS) is 21.2. The first-order valence-corrected chi connectivity index (χ1v) is 5.13. The van der Waals surface area contributed by atoms with Crippen molar-refractivity contribution in [1.82, 2.24) is 5.43 Å². The summed E-state index contributed by atoms with van der Waals surface area (Å²) in [4.78, 5) is 0. The van der Waals surface area contributed by atoms with Gasteiger partial charge in [-0.25, -0.2) is 0 Å². The number of nitrogens with one attached hydrogen (secondary N) is 1. The Morgan fingerprint density at radius 3 is 2.38 bits per heavy atom. The third-order valence-corrected chi connectivity index (χ3v) is 2.63. The highest BCUT2D eigenvalue weighted by Gasteiger charge is 2.27. The van der Waals surface area contributed by atoms with E-state index in [0.29, 0.717) is 6.04 Å². The van der Waals surface area contributed by atoms with Gasteiger partial charge in [0.2, 0.25) is 0 Å². The lowest BCUT2D eigenvalue weighted by Crippen LogP contribution is -2.47. The standard InChI is InChI=1S/C10H22N2O/c1-10(2,3)13-7-9(12-11)8-5-4-6-8/h8-9,12H,4-7,11H2,1-3H3. The Balaban J connectivity index is 2.23. The molecule has 78 valence electrons. The molecule has 1 unspecified atom stereocenters. The van der Waals surface area contributed by atoms with E-state index in [4.69, 9.17) is 10.6 Å². The zero-order chi connectivity index (χ0) is 9.90. The first-order valence-electron chi connectivity index (χ1n) is 5.13. The average molecular weight is 186 g/mol. The molecule has 3 heteroatoms. The Labute approximate surface area is 81.0 Å². The summed E-state index contributed by atoms with van der Waals surface area (Å²) in [5.74, 6) is 6.21. The first-order chi connectivity index (χ1) is 6.03. The molecule has 0 bridgehead atoms. The molecule has 0 heterocycles. The SMILES string of the molecule is CC(C)(C)OCC(NN)C1CCC1. The fourth-order valence-electron chi connectivity index (χ4n) is 1.50. The molecule has 0 amide bonds. The fraction of sp³-hybridized carbons (Fsp3) is 1.00. The van der Waals surface area contributed by atoms with Crippen LogP contribution in [0.15, 0.2) is 0 Å². The zero-order valence-corrected chi connectivity index (χ0v) is 8.97. The van der Waals surface area contributed by atoms with Gasteiger partial charge in [0.05, 0.1) is 12.2 Å². The van der Waals surface area contributed by atoms with Crippen molar-refractivity contribution >= 4 is 0 Å². The minimum absolute atomic E-state index is 0.0567. The number of nitrogens with two attached hydrogens (primary N) is 1. The average Bonchev–Trinajstić information content (AvgIpc) is 1.91. The topological polar surface area (TPSA) is 47.3 Å². The predicted octanol–water partition coefficient (Wildman–Crippen LogP) is 1.43. The van der Waals surface area contributed by atoms with Crippen LogP contribution >= 0.6 is 0 Å². The van der Waals surface area contributed by atoms with Gasteiger partial charge in [0.25, 0.3) is 0 Å². The van der Waals surface area contributed by atoms with E-state index in [-0.39, 0.29) is 5.60 Å². The number of ether oxygens (including phenoxy) is 1. The maximum atomic E-state index is 5.70. The third kappa shape index (κ3) is 3.63. The Morgan fingerprint density at radius 1 is 1.46 bits per heavy atom. The van der Waals surface area contributed by atoms with E-state index >= 15 is 0 Å². The molecule has 0 radical (unpaired) electrons. The summed E-state index contributed by atoms with van der Waals surface area (Å²) in [5, 5.41) is 0. The molecule has 1 aliphatic rings. The van der Waals surface area contributed by atoms with Crippen molar-refractivity contribution in [3.8, 4) is 0 Å². The van der Waals surface area contributed by atoms with Crippen molar-refractivity contribution in [2.75, 3.05) is 6.61 Å². The Morgan fingerprint density at radius 2 is 2.08 bits per heavy atom. The summed E-state index contributed by atoms with van der Waals surface area (Å²) < 4.78 is 5.70. The molecule has 1 saturated carbocycles. The van der Waals surface area contributed by atoms with Gasteiger partial charge in [0.1, 0.15) is 0 Å². The summed E-state index contributed by atoms with van der Waals surface area (Å²) in [6, 6.07) is 0.341. The molecule has 0 saturated heterocycles. The lowest BCUT2D eigenvalue weighted by atomic mass is 9.80. The Kier molecular flexibility index (Phi) is 3.71. The molecule has 3 nitrogen and oxygen atoms in total. The van der Waals surface area contributed by atoms with Crippen molar-refractivity contribution in [3.63, 3.8) is 0 Å². The van der Waals surface area contributed by atoms with Crippen LogP contribution in [0.1, 0.15) is 40.0 Å². The van der Waals surface area contributed by atoms with Gasteiger partial charge in [-0.3, -0.25) is 11.3 Å². The largest absolute Gasteiger partial charge is 0.374 e. The second-order valence-corrected chi connectivity index (χ2v) is 4.89. The van der Waals surface area contributed by atoms with Gasteiger partial charge < -0.3 is 4.74 Å². The third-order valence-electron chi connectivity index (χ3n) is 2.63. The summed E-state index contributed by atoms with van der Waals surface area (Å²) in [5.41, 5.74) is 2.79. The quantitative estimate of drug-likeness (QED) is 0.516. The highest BCUT2D eigenvalue weighted by molar-refractivity contribution is 4.81. The molecule has 0 aliphatic heterocycles. The molecule has 0 aromatic carbocycles. The Bertz CT molecular complexity index is 149. The van der Waals surface area contributed by atoms with Crippen LogP contribution in [0.2, 0.25) is 0 Å². The molecule has 1 fully saturated rings. The second kappa shape index (κ2) is 4.40. The lowest BCUT2D eigenvalue weighted by Gasteiger charge is -2.34. The summed E-state index contributed by atoms with van der Waals surface area (Å²) in [6.07, 6.45) is 3.93. The maximum absolute atomic E-state index is 5.70. The molecule has 0 aromatic rings. The zero-order valence-electron chi connectivity index (χ0n) is 8.97. The summed E-state index contributed by atoms with van der Waals surface area (Å²) in [7, 11) is 0. The van der Waals surface area contributed by atoms with Crippen molar-refractivity contribution in [1.29, 1.82) is 0 Å². The van der Waals surface area contributed by atoms with Gasteiger partial charge in [-0.2, -0.15) is 0 Å². The van der Waals surface area contributed by atoms with Crippen LogP contribution in [0, 0.1) is 5.92 Å². The minimum Gasteiger partial charge on any atom is -0.374 e. The van der Waals surface area contributed by atoms with Crippen molar-refractivity contribution in [3.05, 3.63) is 0 Å². The molecule has 3 N–H and O–H groups in total. The molecular weight excluding hydrogens is 164 g/mol. The number of hydrogen-bond acceptors (Lipinski definition) is 3. The molecule has 13 heavy (non-hydrogen) atoms. The number of hydrazine groups is 1. The minimum atomic E-state index is -0.0567. The van der Waals surface area contributed by atoms with Gasteiger partial charge in [0, 0.05) is 6.04 Å². The predicted molar refractivity (Wildman–Crippen MR) is 54.2 cm³/mol. The van der Waals surface area contributed by atoms with E-state index in [1.807, 2.05) is 0 Å². The van der Waals surface area contributed by atoms with Gasteiger partial charge in [-0.15, -0.1) is 0 Å². The van der Waals surface area contributed by atoms with E-state index in [0.717, 1.165) is 12.5 Å². The molecule has 0 spiro atoms. The second-order valence-electron chi connectivity index (χ2n) is 4.89. The van der Waals surface area contributed by atoms with E-state index in [1.165, 1.54) is 19.3 Å². The van der Waals surface area contributed by atoms with Crippen LogP contribution in [0.3, 0.4) is 0 Å². The van der Waals surface area contributed by atoms with Crippen LogP contribution in [0.25, 0.3) is 0 Å². The van der Waals surface area contributed by atoms with Gasteiger partial charge >= 0.3 is 0 Å². The van der Waals surface area contributed by atoms with Crippen LogP contribution < -0.4 is 11.3 Å². The van der Waals surface area contributed by atoms with Crippen molar-refractivity contribution in [2.45, 2.75) is 51.7 Å². The highest BCUT2D eigenvalue weighted by Crippen LogP contribution is 2.29. The van der Waals surface area contributed by atoms with E-state index in [1.54, 1.807) is 0 Å². The van der Waals surface area contributed by atoms with E-state index < -0.39 is 0 Å². The fourth-order valence-corrected chi connectivity index (χ4v) is 1.50. The highest BCUT2D eigenvalue weighted by atomic mass is 16.5. The molecule has 1 atom stereocenters. The first kappa shape index (κ1) is 11.0. The van der Waals surface area contributed by atoms with Crippen LogP contribution in [0.5, 0.6) is 0 Å². The van der Waals surface area contributed by atoms with Gasteiger partial charge in [-0.1, -0.05) is 6.42 Å². The number of hydrogen-bond donors (Lipinski definition) is 2. The Hall–Kier alpha value is -0.120. The molecule has 1 aliphatic carbocycles. The summed E-state index contributed by atoms with van der Waals surface area (Å²) >= 11 is 0. The van der Waals surface area contributed by atoms with E-state index in [9.17, 15) is 0 Å². The van der Waals surface area contributed by atoms with Crippen LogP contribution in [-0.4, -0.2) is 18.2 Å². The summed E-state index contributed by atoms with van der Waals surface area (Å²) in [6.45, 7) is 6.94. The maximum Gasteiger partial charge on any atom is 0.0642 e. The molecular formula is C10H22N2O. The lowest BCUT2D eigenvalue weighted by molar-refractivity contribution is -0.0281. The van der Waals surface area contributed by atoms with Crippen molar-refractivity contribution < 1.29 is 4.74 Å². The van der Waals surface area contributed by atoms with Crippen molar-refractivity contribution in [2.24, 2.45) is 11.8 Å². The molecule has 1 rings (SSSR count). The van der Waals surface area contributed by atoms with Crippen LogP contribution in [-0.2, 0) is 4.74 Å². The van der Waals surface area contributed by atoms with E-state index in [2.05, 4.69) is 26.2 Å².